The van der Waals surface area contributed by atoms with E-state index in [4.69, 9.17) is 25.8 Å². The second-order valence-electron chi connectivity index (χ2n) is 6.63. The van der Waals surface area contributed by atoms with Crippen LogP contribution in [0.4, 0.5) is 4.79 Å². The molecule has 0 aliphatic carbocycles. The number of urea groups is 1. The van der Waals surface area contributed by atoms with Gasteiger partial charge in [-0.3, -0.25) is 9.69 Å². The molecule has 3 heterocycles. The predicted octanol–water partition coefficient (Wildman–Crippen LogP) is 2.80. The van der Waals surface area contributed by atoms with Gasteiger partial charge in [0.05, 0.1) is 18.2 Å². The summed E-state index contributed by atoms with van der Waals surface area (Å²) in [6.07, 6.45) is 0.382. The molecule has 2 aromatic rings. The third-order valence-electron chi connectivity index (χ3n) is 5.08. The number of nitrogens with zero attached hydrogens (tertiary/aromatic N) is 1. The Morgan fingerprint density at radius 1 is 1.11 bits per heavy atom. The van der Waals surface area contributed by atoms with Crippen LogP contribution >= 0.6 is 11.6 Å². The quantitative estimate of drug-likeness (QED) is 0.803. The van der Waals surface area contributed by atoms with Crippen LogP contribution in [0.3, 0.4) is 0 Å². The Labute approximate surface area is 159 Å². The van der Waals surface area contributed by atoms with Gasteiger partial charge in [-0.15, -0.1) is 0 Å². The number of halogens is 1. The highest BCUT2D eigenvalue weighted by Crippen LogP contribution is 2.43. The standard InChI is InChI=1S/C19H15ClN2O5/c20-13-7-11(8-15-16(13)27-10-26-15)9-22-17(23)19(21-18(22)24)5-6-25-14-4-2-1-3-12(14)19/h1-4,7-8H,5-6,9-10H2,(H,21,24)/t19-/m0/s1. The summed E-state index contributed by atoms with van der Waals surface area (Å²) in [7, 11) is 0. The number of para-hydroxylation sites is 1. The number of carbonyl (C=O) groups is 2. The van der Waals surface area contributed by atoms with Gasteiger partial charge in [0, 0.05) is 12.0 Å². The average molecular weight is 387 g/mol. The molecule has 5 rings (SSSR count). The number of rotatable bonds is 2. The van der Waals surface area contributed by atoms with Crippen LogP contribution in [0.5, 0.6) is 17.2 Å². The Morgan fingerprint density at radius 2 is 1.96 bits per heavy atom. The maximum absolute atomic E-state index is 13.3. The van der Waals surface area contributed by atoms with Crippen LogP contribution in [-0.4, -0.2) is 30.2 Å². The zero-order valence-electron chi connectivity index (χ0n) is 14.2. The van der Waals surface area contributed by atoms with Gasteiger partial charge < -0.3 is 19.5 Å². The molecule has 2 aromatic carbocycles. The van der Waals surface area contributed by atoms with Crippen molar-refractivity contribution in [3.05, 3.63) is 52.5 Å². The molecule has 1 N–H and O–H groups in total. The van der Waals surface area contributed by atoms with E-state index in [-0.39, 0.29) is 19.2 Å². The Hall–Kier alpha value is -2.93. The van der Waals surface area contributed by atoms with Crippen LogP contribution < -0.4 is 19.5 Å². The number of amides is 3. The molecule has 1 spiro atoms. The zero-order chi connectivity index (χ0) is 18.6. The van der Waals surface area contributed by atoms with Crippen LogP contribution in [0.1, 0.15) is 17.5 Å². The Balaban J connectivity index is 1.49. The monoisotopic (exact) mass is 386 g/mol. The number of fused-ring (bicyclic) bond motifs is 3. The largest absolute Gasteiger partial charge is 0.493 e. The van der Waals surface area contributed by atoms with Gasteiger partial charge in [0.25, 0.3) is 5.91 Å². The first kappa shape index (κ1) is 16.3. The number of ether oxygens (including phenoxy) is 3. The minimum Gasteiger partial charge on any atom is -0.493 e. The third-order valence-corrected chi connectivity index (χ3v) is 5.37. The van der Waals surface area contributed by atoms with E-state index in [0.29, 0.717) is 46.4 Å². The van der Waals surface area contributed by atoms with Gasteiger partial charge in [0.1, 0.15) is 5.75 Å². The van der Waals surface area contributed by atoms with Gasteiger partial charge in [0.15, 0.2) is 17.0 Å². The van der Waals surface area contributed by atoms with Gasteiger partial charge in [-0.2, -0.15) is 0 Å². The van der Waals surface area contributed by atoms with Gasteiger partial charge in [0.2, 0.25) is 6.79 Å². The van der Waals surface area contributed by atoms with Crippen molar-refractivity contribution in [3.63, 3.8) is 0 Å². The predicted molar refractivity (Wildman–Crippen MR) is 94.9 cm³/mol. The smallest absolute Gasteiger partial charge is 0.325 e. The molecule has 0 aromatic heterocycles. The lowest BCUT2D eigenvalue weighted by Gasteiger charge is -2.33. The van der Waals surface area contributed by atoms with Crippen LogP contribution in [0.15, 0.2) is 36.4 Å². The summed E-state index contributed by atoms with van der Waals surface area (Å²) < 4.78 is 16.3. The molecule has 0 bridgehead atoms. The third kappa shape index (κ3) is 2.35. The van der Waals surface area contributed by atoms with Gasteiger partial charge in [-0.05, 0) is 23.8 Å². The van der Waals surface area contributed by atoms with Gasteiger partial charge in [-0.1, -0.05) is 29.8 Å². The van der Waals surface area contributed by atoms with Gasteiger partial charge in [-0.25, -0.2) is 4.79 Å². The summed E-state index contributed by atoms with van der Waals surface area (Å²) >= 11 is 6.22. The SMILES string of the molecule is O=C1N[C@]2(CCOc3ccccc32)C(=O)N1Cc1cc(Cl)c2c(c1)OCO2. The molecule has 1 atom stereocenters. The van der Waals surface area contributed by atoms with Crippen LogP contribution in [0.25, 0.3) is 0 Å². The highest BCUT2D eigenvalue weighted by Gasteiger charge is 2.54. The number of nitrogens with one attached hydrogen (secondary N) is 1. The van der Waals surface area contributed by atoms with E-state index < -0.39 is 11.6 Å². The lowest BCUT2D eigenvalue weighted by Crippen LogP contribution is -2.47. The maximum atomic E-state index is 13.3. The molecule has 3 aliphatic heterocycles. The number of carbonyl (C=O) groups excluding carboxylic acids is 2. The normalized spacial score (nSPS) is 22.6. The summed E-state index contributed by atoms with van der Waals surface area (Å²) in [6, 6.07) is 10.3. The molecule has 1 saturated heterocycles. The molecule has 0 unspecified atom stereocenters. The van der Waals surface area contributed by atoms with Crippen molar-refractivity contribution in [2.45, 2.75) is 18.5 Å². The molecular formula is C19H15ClN2O5. The van der Waals surface area contributed by atoms with Crippen molar-refractivity contribution >= 4 is 23.5 Å². The van der Waals surface area contributed by atoms with E-state index in [1.165, 1.54) is 4.90 Å². The fourth-order valence-corrected chi connectivity index (χ4v) is 4.10. The fourth-order valence-electron chi connectivity index (χ4n) is 3.81. The second kappa shape index (κ2) is 5.79. The fraction of sp³-hybridized carbons (Fsp3) is 0.263. The van der Waals surface area contributed by atoms with Crippen molar-refractivity contribution in [2.24, 2.45) is 0 Å². The molecular weight excluding hydrogens is 372 g/mol. The van der Waals surface area contributed by atoms with Crippen LogP contribution in [-0.2, 0) is 16.9 Å². The maximum Gasteiger partial charge on any atom is 0.325 e. The molecule has 0 saturated carbocycles. The van der Waals surface area contributed by atoms with Crippen molar-refractivity contribution in [3.8, 4) is 17.2 Å². The van der Waals surface area contributed by atoms with Crippen LogP contribution in [0.2, 0.25) is 5.02 Å². The minimum atomic E-state index is -1.09. The van der Waals surface area contributed by atoms with Crippen molar-refractivity contribution in [1.29, 1.82) is 0 Å². The van der Waals surface area contributed by atoms with E-state index in [1.54, 1.807) is 18.2 Å². The summed E-state index contributed by atoms with van der Waals surface area (Å²) in [6.45, 7) is 0.542. The van der Waals surface area contributed by atoms with E-state index in [2.05, 4.69) is 5.32 Å². The molecule has 138 valence electrons. The first-order chi connectivity index (χ1) is 13.1. The number of hydrogen-bond acceptors (Lipinski definition) is 5. The highest BCUT2D eigenvalue weighted by atomic mass is 35.5. The average Bonchev–Trinajstić information content (AvgIpc) is 3.22. The number of benzene rings is 2. The van der Waals surface area contributed by atoms with E-state index in [1.807, 2.05) is 18.2 Å². The number of imide groups is 1. The van der Waals surface area contributed by atoms with Crippen molar-refractivity contribution in [1.82, 2.24) is 10.2 Å². The van der Waals surface area contributed by atoms with Crippen LogP contribution in [0, 0.1) is 0 Å². The molecule has 3 amide bonds. The van der Waals surface area contributed by atoms with Gasteiger partial charge >= 0.3 is 6.03 Å². The topological polar surface area (TPSA) is 77.1 Å². The first-order valence-corrected chi connectivity index (χ1v) is 8.91. The zero-order valence-corrected chi connectivity index (χ0v) is 14.9. The summed E-state index contributed by atoms with van der Waals surface area (Å²) in [4.78, 5) is 27.1. The molecule has 1 fully saturated rings. The van der Waals surface area contributed by atoms with Crippen molar-refractivity contribution in [2.75, 3.05) is 13.4 Å². The Kier molecular flexibility index (Phi) is 3.48. The Bertz CT molecular complexity index is 979. The molecule has 27 heavy (non-hydrogen) atoms. The summed E-state index contributed by atoms with van der Waals surface area (Å²) in [5.41, 5.74) is 0.275. The molecule has 8 heteroatoms. The lowest BCUT2D eigenvalue weighted by molar-refractivity contribution is -0.133. The highest BCUT2D eigenvalue weighted by molar-refractivity contribution is 6.32. The van der Waals surface area contributed by atoms with E-state index >= 15 is 0 Å². The minimum absolute atomic E-state index is 0.0891. The second-order valence-corrected chi connectivity index (χ2v) is 7.04. The summed E-state index contributed by atoms with van der Waals surface area (Å²) in [5, 5.41) is 3.27. The van der Waals surface area contributed by atoms with E-state index in [9.17, 15) is 9.59 Å². The first-order valence-electron chi connectivity index (χ1n) is 8.53. The molecule has 3 aliphatic rings. The van der Waals surface area contributed by atoms with E-state index in [0.717, 1.165) is 0 Å². The van der Waals surface area contributed by atoms with Crippen molar-refractivity contribution < 1.29 is 23.8 Å². The molecule has 0 radical (unpaired) electrons. The molecule has 7 nitrogen and oxygen atoms in total. The summed E-state index contributed by atoms with van der Waals surface area (Å²) in [5.74, 6) is 1.31. The number of hydrogen-bond donors (Lipinski definition) is 1. The Morgan fingerprint density at radius 3 is 2.85 bits per heavy atom. The lowest BCUT2D eigenvalue weighted by atomic mass is 9.84.